The molecule has 0 saturated carbocycles. The van der Waals surface area contributed by atoms with Gasteiger partial charge >= 0.3 is 0 Å². The third-order valence-electron chi connectivity index (χ3n) is 2.95. The monoisotopic (exact) mass is 343 g/mol. The Hall–Kier alpha value is -1.77. The summed E-state index contributed by atoms with van der Waals surface area (Å²) in [6.45, 7) is -0.224. The Balaban J connectivity index is 2.26. The molecule has 0 aliphatic heterocycles. The standard InChI is InChI=1S/C14H14FNO4S2/c1-21(17,18)12-6-4-7-13(9-12)22(19,20)16-10-11-5-2-3-8-14(11)15/h2-9,16H,10H2,1H3. The van der Waals surface area contributed by atoms with Gasteiger partial charge in [0, 0.05) is 18.4 Å². The van der Waals surface area contributed by atoms with E-state index in [0.29, 0.717) is 0 Å². The number of hydrogen-bond donors (Lipinski definition) is 1. The molecule has 2 rings (SSSR count). The molecule has 0 aromatic heterocycles. The summed E-state index contributed by atoms with van der Waals surface area (Å²) in [6.07, 6.45) is 0.992. The summed E-state index contributed by atoms with van der Waals surface area (Å²) in [5.74, 6) is -0.518. The minimum Gasteiger partial charge on any atom is -0.224 e. The lowest BCUT2D eigenvalue weighted by atomic mass is 10.2. The van der Waals surface area contributed by atoms with Gasteiger partial charge in [0.1, 0.15) is 5.82 Å². The molecule has 0 aliphatic rings. The van der Waals surface area contributed by atoms with Gasteiger partial charge in [-0.1, -0.05) is 24.3 Å². The van der Waals surface area contributed by atoms with E-state index >= 15 is 0 Å². The molecule has 0 spiro atoms. The highest BCUT2D eigenvalue weighted by Gasteiger charge is 2.17. The molecule has 0 fully saturated rings. The van der Waals surface area contributed by atoms with Crippen molar-refractivity contribution in [3.05, 3.63) is 59.9 Å². The molecular formula is C14H14FNO4S2. The summed E-state index contributed by atoms with van der Waals surface area (Å²) in [6, 6.07) is 10.8. The summed E-state index contributed by atoms with van der Waals surface area (Å²) in [4.78, 5) is -0.284. The van der Waals surface area contributed by atoms with Gasteiger partial charge in [-0.15, -0.1) is 0 Å². The Labute approximate surface area is 128 Å². The van der Waals surface area contributed by atoms with Crippen molar-refractivity contribution in [2.45, 2.75) is 16.3 Å². The van der Waals surface area contributed by atoms with Crippen molar-refractivity contribution in [1.82, 2.24) is 4.72 Å². The van der Waals surface area contributed by atoms with Crippen molar-refractivity contribution >= 4 is 19.9 Å². The number of sulfonamides is 1. The van der Waals surface area contributed by atoms with Gasteiger partial charge in [0.2, 0.25) is 10.0 Å². The lowest BCUT2D eigenvalue weighted by Crippen LogP contribution is -2.24. The molecule has 5 nitrogen and oxygen atoms in total. The molecule has 0 bridgehead atoms. The Morgan fingerprint density at radius 2 is 1.59 bits per heavy atom. The van der Waals surface area contributed by atoms with Crippen molar-refractivity contribution in [2.24, 2.45) is 0 Å². The van der Waals surface area contributed by atoms with Gasteiger partial charge < -0.3 is 0 Å². The van der Waals surface area contributed by atoms with Crippen LogP contribution in [-0.4, -0.2) is 23.1 Å². The maximum Gasteiger partial charge on any atom is 0.240 e. The Kier molecular flexibility index (Phi) is 4.64. The molecule has 2 aromatic carbocycles. The molecule has 1 N–H and O–H groups in total. The predicted octanol–water partition coefficient (Wildman–Crippen LogP) is 1.71. The highest BCUT2D eigenvalue weighted by atomic mass is 32.2. The van der Waals surface area contributed by atoms with Gasteiger partial charge in [-0.2, -0.15) is 0 Å². The summed E-state index contributed by atoms with van der Waals surface area (Å²) >= 11 is 0. The second kappa shape index (κ2) is 6.15. The largest absolute Gasteiger partial charge is 0.240 e. The fourth-order valence-electron chi connectivity index (χ4n) is 1.77. The van der Waals surface area contributed by atoms with Crippen LogP contribution in [0.4, 0.5) is 4.39 Å². The van der Waals surface area contributed by atoms with E-state index in [0.717, 1.165) is 12.3 Å². The van der Waals surface area contributed by atoms with Crippen LogP contribution in [0.5, 0.6) is 0 Å². The normalized spacial score (nSPS) is 12.3. The average Bonchev–Trinajstić information content (AvgIpc) is 2.46. The van der Waals surface area contributed by atoms with Crippen LogP contribution in [0.1, 0.15) is 5.56 Å². The molecule has 0 radical (unpaired) electrons. The molecule has 0 heterocycles. The smallest absolute Gasteiger partial charge is 0.224 e. The van der Waals surface area contributed by atoms with E-state index in [1.807, 2.05) is 0 Å². The third-order valence-corrected chi connectivity index (χ3v) is 5.46. The molecule has 22 heavy (non-hydrogen) atoms. The summed E-state index contributed by atoms with van der Waals surface area (Å²) < 4.78 is 63.0. The van der Waals surface area contributed by atoms with Crippen LogP contribution in [-0.2, 0) is 26.4 Å². The van der Waals surface area contributed by atoms with Crippen molar-refractivity contribution in [3.63, 3.8) is 0 Å². The molecular weight excluding hydrogens is 329 g/mol. The molecule has 0 amide bonds. The first-order valence-corrected chi connectivity index (χ1v) is 9.61. The van der Waals surface area contributed by atoms with Crippen LogP contribution in [0.15, 0.2) is 58.3 Å². The second-order valence-electron chi connectivity index (χ2n) is 4.66. The quantitative estimate of drug-likeness (QED) is 0.896. The van der Waals surface area contributed by atoms with E-state index in [1.54, 1.807) is 6.07 Å². The minimum atomic E-state index is -3.94. The van der Waals surface area contributed by atoms with Crippen molar-refractivity contribution in [2.75, 3.05) is 6.26 Å². The van der Waals surface area contributed by atoms with Crippen molar-refractivity contribution < 1.29 is 21.2 Å². The van der Waals surface area contributed by atoms with Crippen LogP contribution < -0.4 is 4.72 Å². The lowest BCUT2D eigenvalue weighted by molar-refractivity contribution is 0.574. The number of halogens is 1. The molecule has 0 atom stereocenters. The summed E-state index contributed by atoms with van der Waals surface area (Å²) in [7, 11) is -7.45. The fraction of sp³-hybridized carbons (Fsp3) is 0.143. The van der Waals surface area contributed by atoms with E-state index in [9.17, 15) is 21.2 Å². The van der Waals surface area contributed by atoms with E-state index in [4.69, 9.17) is 0 Å². The maximum absolute atomic E-state index is 13.5. The van der Waals surface area contributed by atoms with Gasteiger partial charge in [0.15, 0.2) is 9.84 Å². The topological polar surface area (TPSA) is 80.3 Å². The van der Waals surface area contributed by atoms with Crippen molar-refractivity contribution in [1.29, 1.82) is 0 Å². The number of rotatable bonds is 5. The minimum absolute atomic E-state index is 0.0960. The highest BCUT2D eigenvalue weighted by molar-refractivity contribution is 7.91. The zero-order valence-corrected chi connectivity index (χ0v) is 13.3. The molecule has 0 saturated heterocycles. The molecule has 8 heteroatoms. The Morgan fingerprint density at radius 1 is 0.955 bits per heavy atom. The maximum atomic E-state index is 13.5. The van der Waals surface area contributed by atoms with Gasteiger partial charge in [-0.3, -0.25) is 0 Å². The summed E-state index contributed by atoms with van der Waals surface area (Å²) in [5, 5.41) is 0. The van der Waals surface area contributed by atoms with Crippen molar-refractivity contribution in [3.8, 4) is 0 Å². The number of sulfone groups is 1. The molecule has 0 aliphatic carbocycles. The van der Waals surface area contributed by atoms with E-state index in [-0.39, 0.29) is 21.9 Å². The first kappa shape index (κ1) is 16.6. The molecule has 0 unspecified atom stereocenters. The zero-order valence-electron chi connectivity index (χ0n) is 11.7. The van der Waals surface area contributed by atoms with Gasteiger partial charge in [-0.05, 0) is 24.3 Å². The number of hydrogen-bond acceptors (Lipinski definition) is 4. The second-order valence-corrected chi connectivity index (χ2v) is 8.45. The predicted molar refractivity (Wildman–Crippen MR) is 80.0 cm³/mol. The van der Waals surface area contributed by atoms with Crippen LogP contribution in [0.3, 0.4) is 0 Å². The molecule has 118 valence electrons. The van der Waals surface area contributed by atoms with Crippen LogP contribution in [0.2, 0.25) is 0 Å². The van der Waals surface area contributed by atoms with Gasteiger partial charge in [-0.25, -0.2) is 25.9 Å². The van der Waals surface area contributed by atoms with E-state index in [2.05, 4.69) is 4.72 Å². The number of benzene rings is 2. The Bertz CT molecular complexity index is 893. The number of nitrogens with one attached hydrogen (secondary N) is 1. The van der Waals surface area contributed by atoms with E-state index in [1.165, 1.54) is 36.4 Å². The van der Waals surface area contributed by atoms with Crippen LogP contribution >= 0.6 is 0 Å². The van der Waals surface area contributed by atoms with Crippen LogP contribution in [0.25, 0.3) is 0 Å². The first-order valence-electron chi connectivity index (χ1n) is 6.23. The Morgan fingerprint density at radius 3 is 2.23 bits per heavy atom. The third kappa shape index (κ3) is 3.90. The fourth-order valence-corrected chi connectivity index (χ4v) is 3.56. The van der Waals surface area contributed by atoms with E-state index < -0.39 is 25.7 Å². The van der Waals surface area contributed by atoms with Gasteiger partial charge in [0.25, 0.3) is 0 Å². The SMILES string of the molecule is CS(=O)(=O)c1cccc(S(=O)(=O)NCc2ccccc2F)c1. The first-order chi connectivity index (χ1) is 10.2. The summed E-state index contributed by atoms with van der Waals surface area (Å²) in [5.41, 5.74) is 0.199. The average molecular weight is 343 g/mol. The molecule has 2 aromatic rings. The zero-order chi connectivity index (χ0) is 16.4. The lowest BCUT2D eigenvalue weighted by Gasteiger charge is -2.08. The van der Waals surface area contributed by atoms with Gasteiger partial charge in [0.05, 0.1) is 9.79 Å². The van der Waals surface area contributed by atoms with Crippen LogP contribution in [0, 0.1) is 5.82 Å². The highest BCUT2D eigenvalue weighted by Crippen LogP contribution is 2.16.